The van der Waals surface area contributed by atoms with Gasteiger partial charge in [-0.25, -0.2) is 0 Å². The van der Waals surface area contributed by atoms with Crippen LogP contribution in [0.5, 0.6) is 0 Å². The Morgan fingerprint density at radius 2 is 2.00 bits per heavy atom. The standard InChI is InChI=1S/C11H23N3OS2/c1-13-10(4-2-3-5-12)11(15)14-6-8-16-17-9-7-14/h10,13H,2-9,12H2,1H3. The molecule has 0 bridgehead atoms. The second-order valence-corrected chi connectivity index (χ2v) is 6.80. The van der Waals surface area contributed by atoms with E-state index in [1.165, 1.54) is 0 Å². The van der Waals surface area contributed by atoms with Crippen LogP contribution in [-0.2, 0) is 4.79 Å². The molecule has 1 unspecified atom stereocenters. The van der Waals surface area contributed by atoms with E-state index in [9.17, 15) is 4.79 Å². The van der Waals surface area contributed by atoms with Crippen molar-refractivity contribution in [1.82, 2.24) is 10.2 Å². The molecule has 1 saturated heterocycles. The predicted molar refractivity (Wildman–Crippen MR) is 77.2 cm³/mol. The van der Waals surface area contributed by atoms with Crippen LogP contribution in [0.1, 0.15) is 19.3 Å². The third-order valence-electron chi connectivity index (χ3n) is 2.88. The quantitative estimate of drug-likeness (QED) is 0.559. The number of rotatable bonds is 6. The number of hydrogen-bond donors (Lipinski definition) is 2. The van der Waals surface area contributed by atoms with Crippen LogP contribution in [0.4, 0.5) is 0 Å². The fourth-order valence-electron chi connectivity index (χ4n) is 1.85. The zero-order valence-electron chi connectivity index (χ0n) is 10.5. The molecule has 1 aliphatic rings. The average molecular weight is 277 g/mol. The summed E-state index contributed by atoms with van der Waals surface area (Å²) < 4.78 is 0. The van der Waals surface area contributed by atoms with Crippen molar-refractivity contribution in [2.75, 3.05) is 38.2 Å². The number of carbonyl (C=O) groups excluding carboxylic acids is 1. The van der Waals surface area contributed by atoms with Gasteiger partial charge in [-0.05, 0) is 26.4 Å². The summed E-state index contributed by atoms with van der Waals surface area (Å²) in [7, 11) is 5.59. The van der Waals surface area contributed by atoms with E-state index < -0.39 is 0 Å². The van der Waals surface area contributed by atoms with E-state index in [0.717, 1.165) is 43.9 Å². The van der Waals surface area contributed by atoms with Gasteiger partial charge < -0.3 is 16.0 Å². The molecule has 1 rings (SSSR count). The highest BCUT2D eigenvalue weighted by molar-refractivity contribution is 8.76. The Morgan fingerprint density at radius 3 is 2.53 bits per heavy atom. The first-order chi connectivity index (χ1) is 8.29. The molecule has 1 atom stereocenters. The second kappa shape index (κ2) is 9.08. The molecule has 0 aliphatic carbocycles. The minimum absolute atomic E-state index is 0.0327. The maximum Gasteiger partial charge on any atom is 0.239 e. The van der Waals surface area contributed by atoms with Gasteiger partial charge in [0.2, 0.25) is 5.91 Å². The third kappa shape index (κ3) is 5.50. The molecule has 1 fully saturated rings. The van der Waals surface area contributed by atoms with Gasteiger partial charge >= 0.3 is 0 Å². The summed E-state index contributed by atoms with van der Waals surface area (Å²) in [6.07, 6.45) is 2.91. The maximum absolute atomic E-state index is 12.3. The van der Waals surface area contributed by atoms with Crippen LogP contribution in [0.25, 0.3) is 0 Å². The van der Waals surface area contributed by atoms with Gasteiger partial charge in [0.05, 0.1) is 6.04 Å². The molecule has 1 heterocycles. The van der Waals surface area contributed by atoms with Crippen molar-refractivity contribution in [3.05, 3.63) is 0 Å². The molecule has 0 aromatic heterocycles. The number of unbranched alkanes of at least 4 members (excludes halogenated alkanes) is 1. The molecule has 4 nitrogen and oxygen atoms in total. The molecule has 0 spiro atoms. The molecule has 6 heteroatoms. The molecule has 100 valence electrons. The number of likely N-dealkylation sites (N-methyl/N-ethyl adjacent to an activating group) is 1. The minimum Gasteiger partial charge on any atom is -0.340 e. The topological polar surface area (TPSA) is 58.4 Å². The van der Waals surface area contributed by atoms with Crippen molar-refractivity contribution in [2.24, 2.45) is 5.73 Å². The average Bonchev–Trinajstić information content (AvgIpc) is 2.63. The normalized spacial score (nSPS) is 18.8. The first kappa shape index (κ1) is 15.1. The van der Waals surface area contributed by atoms with Crippen molar-refractivity contribution in [3.63, 3.8) is 0 Å². The Morgan fingerprint density at radius 1 is 1.35 bits per heavy atom. The molecular weight excluding hydrogens is 254 g/mol. The van der Waals surface area contributed by atoms with E-state index in [4.69, 9.17) is 5.73 Å². The van der Waals surface area contributed by atoms with Gasteiger partial charge in [-0.3, -0.25) is 4.79 Å². The molecule has 1 amide bonds. The highest BCUT2D eigenvalue weighted by Gasteiger charge is 2.23. The highest BCUT2D eigenvalue weighted by Crippen LogP contribution is 2.24. The fraction of sp³-hybridized carbons (Fsp3) is 0.909. The van der Waals surface area contributed by atoms with E-state index in [2.05, 4.69) is 5.32 Å². The van der Waals surface area contributed by atoms with E-state index >= 15 is 0 Å². The summed E-state index contributed by atoms with van der Waals surface area (Å²) in [6.45, 7) is 2.47. The van der Waals surface area contributed by atoms with Crippen LogP contribution in [-0.4, -0.2) is 55.0 Å². The summed E-state index contributed by atoms with van der Waals surface area (Å²) in [5.74, 6) is 2.33. The predicted octanol–water partition coefficient (Wildman–Crippen LogP) is 0.927. The van der Waals surface area contributed by atoms with Gasteiger partial charge in [-0.15, -0.1) is 0 Å². The summed E-state index contributed by atoms with van der Waals surface area (Å²) in [4.78, 5) is 14.3. The van der Waals surface area contributed by atoms with Crippen LogP contribution < -0.4 is 11.1 Å². The lowest BCUT2D eigenvalue weighted by Crippen LogP contribution is -2.46. The van der Waals surface area contributed by atoms with Gasteiger partial charge in [0.1, 0.15) is 0 Å². The minimum atomic E-state index is -0.0327. The SMILES string of the molecule is CNC(CCCCN)C(=O)N1CCSSCC1. The van der Waals surface area contributed by atoms with Crippen LogP contribution in [0, 0.1) is 0 Å². The molecule has 0 saturated carbocycles. The first-order valence-electron chi connectivity index (χ1n) is 6.20. The van der Waals surface area contributed by atoms with E-state index in [-0.39, 0.29) is 11.9 Å². The molecule has 1 aliphatic heterocycles. The Balaban J connectivity index is 2.40. The molecule has 0 radical (unpaired) electrons. The van der Waals surface area contributed by atoms with Gasteiger partial charge in [0.25, 0.3) is 0 Å². The molecule has 0 aromatic rings. The summed E-state index contributed by atoms with van der Waals surface area (Å²) in [5, 5.41) is 3.13. The summed E-state index contributed by atoms with van der Waals surface area (Å²) in [5.41, 5.74) is 5.47. The smallest absolute Gasteiger partial charge is 0.239 e. The number of nitrogens with zero attached hydrogens (tertiary/aromatic N) is 1. The zero-order valence-corrected chi connectivity index (χ0v) is 12.1. The maximum atomic E-state index is 12.3. The van der Waals surface area contributed by atoms with Crippen molar-refractivity contribution in [1.29, 1.82) is 0 Å². The van der Waals surface area contributed by atoms with Gasteiger partial charge in [-0.2, -0.15) is 0 Å². The van der Waals surface area contributed by atoms with Crippen molar-refractivity contribution in [3.8, 4) is 0 Å². The zero-order chi connectivity index (χ0) is 12.5. The van der Waals surface area contributed by atoms with E-state index in [0.29, 0.717) is 6.54 Å². The van der Waals surface area contributed by atoms with Crippen molar-refractivity contribution < 1.29 is 4.79 Å². The van der Waals surface area contributed by atoms with Crippen molar-refractivity contribution in [2.45, 2.75) is 25.3 Å². The summed E-state index contributed by atoms with van der Waals surface area (Å²) >= 11 is 0. The Bertz CT molecular complexity index is 221. The van der Waals surface area contributed by atoms with Crippen LogP contribution in [0.2, 0.25) is 0 Å². The second-order valence-electron chi connectivity index (χ2n) is 4.09. The van der Waals surface area contributed by atoms with Crippen LogP contribution in [0.3, 0.4) is 0 Å². The van der Waals surface area contributed by atoms with Crippen LogP contribution in [0.15, 0.2) is 0 Å². The lowest BCUT2D eigenvalue weighted by atomic mass is 10.1. The Kier molecular flexibility index (Phi) is 8.09. The molecule has 17 heavy (non-hydrogen) atoms. The number of nitrogens with one attached hydrogen (secondary N) is 1. The first-order valence-corrected chi connectivity index (χ1v) is 8.69. The number of amides is 1. The number of hydrogen-bond acceptors (Lipinski definition) is 5. The lowest BCUT2D eigenvalue weighted by molar-refractivity contribution is -0.133. The molecule has 3 N–H and O–H groups in total. The van der Waals surface area contributed by atoms with Crippen molar-refractivity contribution >= 4 is 27.5 Å². The van der Waals surface area contributed by atoms with Gasteiger partial charge in [-0.1, -0.05) is 28.0 Å². The third-order valence-corrected chi connectivity index (χ3v) is 5.24. The molecular formula is C11H23N3OS2. The number of nitrogens with two attached hydrogens (primary N) is 1. The monoisotopic (exact) mass is 277 g/mol. The largest absolute Gasteiger partial charge is 0.340 e. The Hall–Kier alpha value is 0.0900. The van der Waals surface area contributed by atoms with E-state index in [1.54, 1.807) is 0 Å². The Labute approximate surface area is 112 Å². The fourth-order valence-corrected chi connectivity index (χ4v) is 3.83. The van der Waals surface area contributed by atoms with Gasteiger partial charge in [0, 0.05) is 24.6 Å². The summed E-state index contributed by atoms with van der Waals surface area (Å²) in [6, 6.07) is -0.0327. The highest BCUT2D eigenvalue weighted by atomic mass is 33.1. The van der Waals surface area contributed by atoms with Crippen LogP contribution >= 0.6 is 21.6 Å². The molecule has 0 aromatic carbocycles. The van der Waals surface area contributed by atoms with Gasteiger partial charge in [0.15, 0.2) is 0 Å². The van der Waals surface area contributed by atoms with E-state index in [1.807, 2.05) is 33.5 Å². The lowest BCUT2D eigenvalue weighted by Gasteiger charge is -2.25. The number of carbonyl (C=O) groups is 1.